The Morgan fingerprint density at radius 3 is 2.60 bits per heavy atom. The second-order valence-corrected chi connectivity index (χ2v) is 6.68. The van der Waals surface area contributed by atoms with Crippen molar-refractivity contribution in [1.29, 1.82) is 0 Å². The van der Waals surface area contributed by atoms with Gasteiger partial charge >= 0.3 is 0 Å². The fourth-order valence-electron chi connectivity index (χ4n) is 2.17. The molecule has 114 valence electrons. The van der Waals surface area contributed by atoms with E-state index < -0.39 is 10.0 Å². The van der Waals surface area contributed by atoms with Crippen LogP contribution in [0.3, 0.4) is 0 Å². The molecule has 7 heteroatoms. The van der Waals surface area contributed by atoms with Crippen molar-refractivity contribution in [3.8, 4) is 5.75 Å². The second-order valence-electron chi connectivity index (χ2n) is 4.74. The number of ether oxygens (including phenoxy) is 1. The summed E-state index contributed by atoms with van der Waals surface area (Å²) in [6, 6.07) is 6.64. The number of benzene rings is 1. The second kappa shape index (κ2) is 7.26. The maximum Gasteiger partial charge on any atom is 0.243 e. The Hall–Kier alpha value is -0.820. The summed E-state index contributed by atoms with van der Waals surface area (Å²) in [6.07, 6.45) is 0.861. The minimum Gasteiger partial charge on any atom is -0.497 e. The lowest BCUT2D eigenvalue weighted by Gasteiger charge is -2.20. The molecular weight excluding hydrogens is 300 g/mol. The Balaban J connectivity index is 0.00000200. The molecule has 2 rings (SSSR count). The molecule has 0 unspecified atom stereocenters. The first-order chi connectivity index (χ1) is 9.04. The fraction of sp³-hybridized carbons (Fsp3) is 0.538. The van der Waals surface area contributed by atoms with Crippen LogP contribution in [0.4, 0.5) is 0 Å². The van der Waals surface area contributed by atoms with Gasteiger partial charge in [0.05, 0.1) is 12.0 Å². The predicted molar refractivity (Wildman–Crippen MR) is 81.1 cm³/mol. The minimum atomic E-state index is -3.41. The maximum absolute atomic E-state index is 12.6. The van der Waals surface area contributed by atoms with Gasteiger partial charge in [0, 0.05) is 25.7 Å². The van der Waals surface area contributed by atoms with E-state index in [0.29, 0.717) is 23.7 Å². The van der Waals surface area contributed by atoms with Crippen LogP contribution >= 0.6 is 12.4 Å². The molecule has 5 nitrogen and oxygen atoms in total. The third-order valence-electron chi connectivity index (χ3n) is 3.36. The molecule has 1 aliphatic heterocycles. The zero-order valence-electron chi connectivity index (χ0n) is 11.8. The van der Waals surface area contributed by atoms with Gasteiger partial charge in [0.2, 0.25) is 10.0 Å². The van der Waals surface area contributed by atoms with Gasteiger partial charge in [-0.25, -0.2) is 8.42 Å². The Labute approximate surface area is 127 Å². The minimum absolute atomic E-state index is 0. The van der Waals surface area contributed by atoms with E-state index in [1.54, 1.807) is 28.6 Å². The molecule has 1 aromatic rings. The largest absolute Gasteiger partial charge is 0.497 e. The van der Waals surface area contributed by atoms with Crippen LogP contribution in [0.2, 0.25) is 0 Å². The van der Waals surface area contributed by atoms with Gasteiger partial charge in [0.1, 0.15) is 5.75 Å². The van der Waals surface area contributed by atoms with Gasteiger partial charge in [0.15, 0.2) is 0 Å². The Morgan fingerprint density at radius 1 is 1.15 bits per heavy atom. The number of hydrogen-bond donors (Lipinski definition) is 0. The highest BCUT2D eigenvalue weighted by atomic mass is 35.5. The quantitative estimate of drug-likeness (QED) is 0.845. The predicted octanol–water partition coefficient (Wildman–Crippen LogP) is 1.44. The van der Waals surface area contributed by atoms with E-state index >= 15 is 0 Å². The van der Waals surface area contributed by atoms with Gasteiger partial charge in [-0.1, -0.05) is 6.07 Å². The summed E-state index contributed by atoms with van der Waals surface area (Å²) in [6.45, 7) is 2.81. The lowest BCUT2D eigenvalue weighted by molar-refractivity contribution is 0.347. The van der Waals surface area contributed by atoms with Gasteiger partial charge in [-0.3, -0.25) is 0 Å². The van der Waals surface area contributed by atoms with E-state index in [-0.39, 0.29) is 12.4 Å². The van der Waals surface area contributed by atoms with Crippen molar-refractivity contribution in [2.45, 2.75) is 11.3 Å². The smallest absolute Gasteiger partial charge is 0.243 e. The van der Waals surface area contributed by atoms with Gasteiger partial charge in [0.25, 0.3) is 0 Å². The summed E-state index contributed by atoms with van der Waals surface area (Å²) in [5, 5.41) is 0. The van der Waals surface area contributed by atoms with E-state index in [9.17, 15) is 8.42 Å². The standard InChI is InChI=1S/C13H20N2O3S.ClH/c1-14-7-4-8-15(10-9-14)19(16,17)13-6-3-5-12(11-13)18-2;/h3,5-6,11H,4,7-10H2,1-2H3;1H. The molecule has 0 bridgehead atoms. The molecule has 0 aliphatic carbocycles. The third-order valence-corrected chi connectivity index (χ3v) is 5.25. The lowest BCUT2D eigenvalue weighted by Crippen LogP contribution is -2.34. The van der Waals surface area contributed by atoms with E-state index in [4.69, 9.17) is 4.74 Å². The Morgan fingerprint density at radius 2 is 1.90 bits per heavy atom. The van der Waals surface area contributed by atoms with Crippen molar-refractivity contribution in [2.75, 3.05) is 40.3 Å². The van der Waals surface area contributed by atoms with Gasteiger partial charge < -0.3 is 9.64 Å². The van der Waals surface area contributed by atoms with Crippen LogP contribution in [0.1, 0.15) is 6.42 Å². The summed E-state index contributed by atoms with van der Waals surface area (Å²) in [4.78, 5) is 2.46. The van der Waals surface area contributed by atoms with E-state index in [1.807, 2.05) is 7.05 Å². The highest BCUT2D eigenvalue weighted by Gasteiger charge is 2.26. The molecule has 0 aromatic heterocycles. The van der Waals surface area contributed by atoms with Crippen molar-refractivity contribution in [3.63, 3.8) is 0 Å². The number of halogens is 1. The van der Waals surface area contributed by atoms with Crippen molar-refractivity contribution >= 4 is 22.4 Å². The van der Waals surface area contributed by atoms with Crippen molar-refractivity contribution < 1.29 is 13.2 Å². The average Bonchev–Trinajstić information content (AvgIpc) is 2.64. The average molecular weight is 321 g/mol. The summed E-state index contributed by atoms with van der Waals surface area (Å²) < 4.78 is 31.8. The third kappa shape index (κ3) is 3.85. The highest BCUT2D eigenvalue weighted by Crippen LogP contribution is 2.21. The molecule has 0 N–H and O–H groups in total. The van der Waals surface area contributed by atoms with E-state index in [2.05, 4.69) is 4.90 Å². The molecule has 1 aromatic carbocycles. The molecule has 20 heavy (non-hydrogen) atoms. The number of methoxy groups -OCH3 is 1. The number of sulfonamides is 1. The Kier molecular flexibility index (Phi) is 6.26. The summed E-state index contributed by atoms with van der Waals surface area (Å²) in [7, 11) is 0.135. The van der Waals surface area contributed by atoms with Crippen LogP contribution in [0, 0.1) is 0 Å². The van der Waals surface area contributed by atoms with Crippen molar-refractivity contribution in [3.05, 3.63) is 24.3 Å². The zero-order chi connectivity index (χ0) is 13.9. The molecule has 0 amide bonds. The first-order valence-corrected chi connectivity index (χ1v) is 7.81. The molecule has 0 radical (unpaired) electrons. The number of rotatable bonds is 3. The van der Waals surface area contributed by atoms with Crippen LogP contribution in [-0.4, -0.2) is 58.0 Å². The van der Waals surface area contributed by atoms with Crippen LogP contribution < -0.4 is 4.74 Å². The molecule has 0 atom stereocenters. The SMILES string of the molecule is COc1cccc(S(=O)(=O)N2CCCN(C)CC2)c1.Cl. The first-order valence-electron chi connectivity index (χ1n) is 6.37. The van der Waals surface area contributed by atoms with Gasteiger partial charge in [-0.05, 0) is 32.1 Å². The number of likely N-dealkylation sites (N-methyl/N-ethyl adjacent to an activating group) is 1. The highest BCUT2D eigenvalue weighted by molar-refractivity contribution is 7.89. The number of hydrogen-bond acceptors (Lipinski definition) is 4. The normalized spacial score (nSPS) is 18.1. The van der Waals surface area contributed by atoms with E-state index in [0.717, 1.165) is 19.5 Å². The van der Waals surface area contributed by atoms with Crippen LogP contribution in [0.5, 0.6) is 5.75 Å². The van der Waals surface area contributed by atoms with E-state index in [1.165, 1.54) is 7.11 Å². The first kappa shape index (κ1) is 17.2. The molecule has 1 saturated heterocycles. The van der Waals surface area contributed by atoms with Crippen LogP contribution in [0.15, 0.2) is 29.2 Å². The van der Waals surface area contributed by atoms with Gasteiger partial charge in [-0.2, -0.15) is 4.31 Å². The van der Waals surface area contributed by atoms with Crippen LogP contribution in [0.25, 0.3) is 0 Å². The molecule has 1 aliphatic rings. The zero-order valence-corrected chi connectivity index (χ0v) is 13.4. The summed E-state index contributed by atoms with van der Waals surface area (Å²) in [5.41, 5.74) is 0. The summed E-state index contributed by atoms with van der Waals surface area (Å²) >= 11 is 0. The van der Waals surface area contributed by atoms with Crippen molar-refractivity contribution in [2.24, 2.45) is 0 Å². The van der Waals surface area contributed by atoms with Gasteiger partial charge in [-0.15, -0.1) is 12.4 Å². The summed E-state index contributed by atoms with van der Waals surface area (Å²) in [5.74, 6) is 0.563. The lowest BCUT2D eigenvalue weighted by atomic mass is 10.3. The fourth-order valence-corrected chi connectivity index (χ4v) is 3.68. The molecule has 0 saturated carbocycles. The molecule has 1 heterocycles. The van der Waals surface area contributed by atoms with Crippen molar-refractivity contribution in [1.82, 2.24) is 9.21 Å². The number of nitrogens with zero attached hydrogens (tertiary/aromatic N) is 2. The molecular formula is C13H21ClN2O3S. The van der Waals surface area contributed by atoms with Crippen LogP contribution in [-0.2, 0) is 10.0 Å². The maximum atomic E-state index is 12.6. The monoisotopic (exact) mass is 320 g/mol. The topological polar surface area (TPSA) is 49.9 Å². The Bertz CT molecular complexity index is 536. The molecule has 0 spiro atoms. The molecule has 1 fully saturated rings.